The van der Waals surface area contributed by atoms with Crippen LogP contribution in [0.2, 0.25) is 0 Å². The van der Waals surface area contributed by atoms with Crippen molar-refractivity contribution in [3.05, 3.63) is 69.7 Å². The molecule has 0 bridgehead atoms. The van der Waals surface area contributed by atoms with E-state index in [0.717, 1.165) is 15.6 Å². The van der Waals surface area contributed by atoms with E-state index >= 15 is 0 Å². The first-order chi connectivity index (χ1) is 10.6. The van der Waals surface area contributed by atoms with Gasteiger partial charge in [-0.15, -0.1) is 0 Å². The summed E-state index contributed by atoms with van der Waals surface area (Å²) < 4.78 is 6.55. The highest BCUT2D eigenvalue weighted by Crippen LogP contribution is 2.13. The van der Waals surface area contributed by atoms with Crippen molar-refractivity contribution in [1.29, 1.82) is 0 Å². The summed E-state index contributed by atoms with van der Waals surface area (Å²) in [7, 11) is 0. The van der Waals surface area contributed by atoms with Crippen LogP contribution >= 0.6 is 15.9 Å². The lowest BCUT2D eigenvalue weighted by atomic mass is 10.1. The van der Waals surface area contributed by atoms with Crippen LogP contribution in [0.1, 0.15) is 35.3 Å². The van der Waals surface area contributed by atoms with Crippen LogP contribution in [-0.2, 0) is 17.9 Å². The third kappa shape index (κ3) is 4.97. The fraction of sp³-hybridized carbons (Fsp3) is 0.278. The zero-order chi connectivity index (χ0) is 15.9. The molecule has 0 saturated heterocycles. The largest absolute Gasteiger partial charge is 0.374 e. The highest BCUT2D eigenvalue weighted by atomic mass is 79.9. The van der Waals surface area contributed by atoms with Gasteiger partial charge in [0.15, 0.2) is 0 Å². The van der Waals surface area contributed by atoms with Crippen molar-refractivity contribution in [3.63, 3.8) is 0 Å². The highest BCUT2D eigenvalue weighted by molar-refractivity contribution is 9.10. The van der Waals surface area contributed by atoms with Crippen LogP contribution in [0.15, 0.2) is 53.0 Å². The summed E-state index contributed by atoms with van der Waals surface area (Å²) in [4.78, 5) is 12.2. The summed E-state index contributed by atoms with van der Waals surface area (Å²) in [6.07, 6.45) is 0.185. The van der Waals surface area contributed by atoms with Gasteiger partial charge >= 0.3 is 0 Å². The summed E-state index contributed by atoms with van der Waals surface area (Å²) in [6, 6.07) is 15.4. The van der Waals surface area contributed by atoms with Crippen molar-refractivity contribution in [1.82, 2.24) is 5.32 Å². The number of hydrogen-bond donors (Lipinski definition) is 1. The average Bonchev–Trinajstić information content (AvgIpc) is 2.51. The molecule has 116 valence electrons. The van der Waals surface area contributed by atoms with Gasteiger partial charge in [-0.05, 0) is 43.2 Å². The van der Waals surface area contributed by atoms with Gasteiger partial charge in [-0.1, -0.05) is 46.3 Å². The first-order valence-electron chi connectivity index (χ1n) is 7.28. The van der Waals surface area contributed by atoms with E-state index in [1.807, 2.05) is 56.3 Å². The van der Waals surface area contributed by atoms with Crippen molar-refractivity contribution in [2.75, 3.05) is 0 Å². The second-order valence-electron chi connectivity index (χ2n) is 5.32. The Balaban J connectivity index is 2.00. The van der Waals surface area contributed by atoms with Gasteiger partial charge in [-0.2, -0.15) is 0 Å². The van der Waals surface area contributed by atoms with Crippen molar-refractivity contribution < 1.29 is 9.53 Å². The smallest absolute Gasteiger partial charge is 0.251 e. The number of benzene rings is 2. The Labute approximate surface area is 139 Å². The van der Waals surface area contributed by atoms with Crippen molar-refractivity contribution >= 4 is 21.8 Å². The molecule has 0 aliphatic rings. The molecule has 0 fully saturated rings. The summed E-state index contributed by atoms with van der Waals surface area (Å²) in [5.74, 6) is -0.0825. The maximum atomic E-state index is 12.2. The van der Waals surface area contributed by atoms with Gasteiger partial charge in [-0.25, -0.2) is 0 Å². The maximum Gasteiger partial charge on any atom is 0.251 e. The lowest BCUT2D eigenvalue weighted by molar-refractivity contribution is 0.0651. The van der Waals surface area contributed by atoms with Crippen molar-refractivity contribution in [2.24, 2.45) is 0 Å². The number of nitrogens with one attached hydrogen (secondary N) is 1. The normalized spacial score (nSPS) is 10.7. The standard InChI is InChI=1S/C18H20BrNO2/c1-13(2)22-12-16-7-4-3-6-15(16)11-20-18(21)14-8-5-9-17(19)10-14/h3-10,13H,11-12H2,1-2H3,(H,20,21). The van der Waals surface area contributed by atoms with Gasteiger partial charge in [0.05, 0.1) is 12.7 Å². The number of hydrogen-bond acceptors (Lipinski definition) is 2. The zero-order valence-electron chi connectivity index (χ0n) is 12.8. The summed E-state index contributed by atoms with van der Waals surface area (Å²) in [5.41, 5.74) is 2.82. The minimum Gasteiger partial charge on any atom is -0.374 e. The molecule has 0 aliphatic carbocycles. The molecule has 2 aromatic rings. The molecule has 0 aliphatic heterocycles. The summed E-state index contributed by atoms with van der Waals surface area (Å²) in [5, 5.41) is 2.96. The fourth-order valence-corrected chi connectivity index (χ4v) is 2.43. The number of carbonyl (C=O) groups excluding carboxylic acids is 1. The Bertz CT molecular complexity index is 640. The molecule has 0 unspecified atom stereocenters. The van der Waals surface area contributed by atoms with Gasteiger partial charge < -0.3 is 10.1 Å². The minimum atomic E-state index is -0.0825. The molecule has 0 radical (unpaired) electrons. The third-order valence-corrected chi connectivity index (χ3v) is 3.71. The van der Waals surface area contributed by atoms with E-state index in [1.54, 1.807) is 6.07 Å². The van der Waals surface area contributed by atoms with Crippen LogP contribution in [0.5, 0.6) is 0 Å². The second kappa shape index (κ2) is 8.11. The molecule has 3 nitrogen and oxygen atoms in total. The Hall–Kier alpha value is -1.65. The first-order valence-corrected chi connectivity index (χ1v) is 8.07. The number of rotatable bonds is 6. The lowest BCUT2D eigenvalue weighted by Crippen LogP contribution is -2.23. The van der Waals surface area contributed by atoms with E-state index in [0.29, 0.717) is 18.7 Å². The number of halogens is 1. The lowest BCUT2D eigenvalue weighted by Gasteiger charge is -2.13. The Morgan fingerprint density at radius 2 is 1.86 bits per heavy atom. The molecular formula is C18H20BrNO2. The minimum absolute atomic E-state index is 0.0825. The van der Waals surface area contributed by atoms with E-state index in [4.69, 9.17) is 4.74 Å². The average molecular weight is 362 g/mol. The molecule has 0 aromatic heterocycles. The Kier molecular flexibility index (Phi) is 6.16. The van der Waals surface area contributed by atoms with Gasteiger partial charge in [0, 0.05) is 16.6 Å². The van der Waals surface area contributed by atoms with Crippen molar-refractivity contribution in [3.8, 4) is 0 Å². The van der Waals surface area contributed by atoms with Crippen LogP contribution in [-0.4, -0.2) is 12.0 Å². The van der Waals surface area contributed by atoms with E-state index in [1.165, 1.54) is 0 Å². The predicted octanol–water partition coefficient (Wildman–Crippen LogP) is 4.30. The van der Waals surface area contributed by atoms with Crippen LogP contribution in [0.25, 0.3) is 0 Å². The molecule has 0 saturated carbocycles. The molecule has 4 heteroatoms. The maximum absolute atomic E-state index is 12.2. The summed E-state index contributed by atoms with van der Waals surface area (Å²) >= 11 is 3.38. The van der Waals surface area contributed by atoms with Crippen molar-refractivity contribution in [2.45, 2.75) is 33.1 Å². The topological polar surface area (TPSA) is 38.3 Å². The van der Waals surface area contributed by atoms with E-state index < -0.39 is 0 Å². The van der Waals surface area contributed by atoms with Gasteiger partial charge in [0.1, 0.15) is 0 Å². The molecule has 0 atom stereocenters. The Morgan fingerprint density at radius 3 is 2.55 bits per heavy atom. The molecule has 1 N–H and O–H groups in total. The van der Waals surface area contributed by atoms with Crippen LogP contribution < -0.4 is 5.32 Å². The zero-order valence-corrected chi connectivity index (χ0v) is 14.4. The molecule has 2 aromatic carbocycles. The molecule has 0 heterocycles. The predicted molar refractivity (Wildman–Crippen MR) is 91.7 cm³/mol. The van der Waals surface area contributed by atoms with Gasteiger partial charge in [0.25, 0.3) is 5.91 Å². The summed E-state index contributed by atoms with van der Waals surface area (Å²) in [6.45, 7) is 5.07. The van der Waals surface area contributed by atoms with Crippen LogP contribution in [0, 0.1) is 0 Å². The number of amides is 1. The monoisotopic (exact) mass is 361 g/mol. The molecule has 0 spiro atoms. The molecule has 22 heavy (non-hydrogen) atoms. The third-order valence-electron chi connectivity index (χ3n) is 3.22. The van der Waals surface area contributed by atoms with Gasteiger partial charge in [0.2, 0.25) is 0 Å². The highest BCUT2D eigenvalue weighted by Gasteiger charge is 2.08. The van der Waals surface area contributed by atoms with E-state index in [-0.39, 0.29) is 12.0 Å². The van der Waals surface area contributed by atoms with Crippen LogP contribution in [0.3, 0.4) is 0 Å². The number of ether oxygens (including phenoxy) is 1. The number of carbonyl (C=O) groups is 1. The van der Waals surface area contributed by atoms with E-state index in [2.05, 4.69) is 21.2 Å². The molecule has 1 amide bonds. The van der Waals surface area contributed by atoms with Crippen LogP contribution in [0.4, 0.5) is 0 Å². The molecular weight excluding hydrogens is 342 g/mol. The second-order valence-corrected chi connectivity index (χ2v) is 6.24. The first kappa shape index (κ1) is 16.7. The SMILES string of the molecule is CC(C)OCc1ccccc1CNC(=O)c1cccc(Br)c1. The van der Waals surface area contributed by atoms with E-state index in [9.17, 15) is 4.79 Å². The quantitative estimate of drug-likeness (QED) is 0.832. The Morgan fingerprint density at radius 1 is 1.14 bits per heavy atom. The fourth-order valence-electron chi connectivity index (χ4n) is 2.03. The molecule has 2 rings (SSSR count). The van der Waals surface area contributed by atoms with Gasteiger partial charge in [-0.3, -0.25) is 4.79 Å².